The van der Waals surface area contributed by atoms with Crippen molar-refractivity contribution in [3.63, 3.8) is 0 Å². The van der Waals surface area contributed by atoms with Gasteiger partial charge in [0, 0.05) is 32.9 Å². The van der Waals surface area contributed by atoms with Gasteiger partial charge in [-0.3, -0.25) is 4.48 Å². The molecule has 1 fully saturated rings. The Hall–Kier alpha value is -0.410. The smallest absolute Gasteiger partial charge is 0.198 e. The quantitative estimate of drug-likeness (QED) is 0.599. The lowest BCUT2D eigenvalue weighted by molar-refractivity contribution is -0.837. The lowest BCUT2D eigenvalue weighted by Gasteiger charge is -2.36. The van der Waals surface area contributed by atoms with Crippen LogP contribution in [0.25, 0.3) is 0 Å². The molecule has 0 aromatic carbocycles. The third-order valence-corrected chi connectivity index (χ3v) is 3.30. The molecule has 0 radical (unpaired) electrons. The minimum Gasteiger partial charge on any atom is -0.379 e. The molecule has 13 heavy (non-hydrogen) atoms. The van der Waals surface area contributed by atoms with Crippen molar-refractivity contribution in [2.24, 2.45) is 4.99 Å². The summed E-state index contributed by atoms with van der Waals surface area (Å²) in [6, 6.07) is 0. The molecule has 0 aromatic heterocycles. The van der Waals surface area contributed by atoms with Gasteiger partial charge in [-0.05, 0) is 0 Å². The average Bonchev–Trinajstić information content (AvgIpc) is 2.58. The molecule has 3 heteroatoms. The highest BCUT2D eigenvalue weighted by molar-refractivity contribution is 5.77. The van der Waals surface area contributed by atoms with Gasteiger partial charge in [-0.1, -0.05) is 0 Å². The van der Waals surface area contributed by atoms with Gasteiger partial charge in [0.05, 0.1) is 19.7 Å². The second-order valence-corrected chi connectivity index (χ2v) is 4.06. The molecule has 2 heterocycles. The maximum atomic E-state index is 5.18. The molecular formula is C10H19N2O+. The minimum atomic E-state index is 0.874. The first-order chi connectivity index (χ1) is 6.37. The van der Waals surface area contributed by atoms with Gasteiger partial charge in [-0.2, -0.15) is 0 Å². The van der Waals surface area contributed by atoms with Crippen LogP contribution in [0.3, 0.4) is 0 Å². The van der Waals surface area contributed by atoms with Crippen molar-refractivity contribution < 1.29 is 9.22 Å². The number of quaternary nitrogens is 1. The first kappa shape index (κ1) is 9.16. The van der Waals surface area contributed by atoms with E-state index in [0.29, 0.717) is 0 Å². The number of amidine groups is 1. The van der Waals surface area contributed by atoms with E-state index in [1.807, 2.05) is 0 Å². The second-order valence-electron chi connectivity index (χ2n) is 4.06. The van der Waals surface area contributed by atoms with E-state index in [1.54, 1.807) is 7.11 Å². The van der Waals surface area contributed by atoms with E-state index in [-0.39, 0.29) is 0 Å². The summed E-state index contributed by atoms with van der Waals surface area (Å²) < 4.78 is 6.32. The van der Waals surface area contributed by atoms with Gasteiger partial charge in [0.1, 0.15) is 6.54 Å². The highest BCUT2D eigenvalue weighted by Crippen LogP contribution is 2.25. The Bertz CT molecular complexity index is 215. The van der Waals surface area contributed by atoms with Crippen LogP contribution in [0.5, 0.6) is 0 Å². The van der Waals surface area contributed by atoms with Crippen molar-refractivity contribution >= 4 is 5.84 Å². The average molecular weight is 183 g/mol. The summed E-state index contributed by atoms with van der Waals surface area (Å²) in [6.45, 7) is 5.65. The molecule has 0 bridgehead atoms. The number of nitrogens with zero attached hydrogens (tertiary/aromatic N) is 2. The fraction of sp³-hybridized carbons (Fsp3) is 0.900. The summed E-state index contributed by atoms with van der Waals surface area (Å²) in [5.41, 5.74) is 0. The zero-order chi connectivity index (χ0) is 9.15. The molecule has 1 atom stereocenters. The van der Waals surface area contributed by atoms with Gasteiger partial charge >= 0.3 is 0 Å². The number of hydrogen-bond acceptors (Lipinski definition) is 2. The van der Waals surface area contributed by atoms with Gasteiger partial charge in [0.2, 0.25) is 0 Å². The van der Waals surface area contributed by atoms with Gasteiger partial charge in [-0.25, -0.2) is 4.99 Å². The van der Waals surface area contributed by atoms with E-state index >= 15 is 0 Å². The van der Waals surface area contributed by atoms with Crippen LogP contribution in [0.15, 0.2) is 4.99 Å². The lowest BCUT2D eigenvalue weighted by atomic mass is 10.2. The van der Waals surface area contributed by atoms with E-state index in [0.717, 1.165) is 24.2 Å². The van der Waals surface area contributed by atoms with Crippen molar-refractivity contribution in [3.8, 4) is 0 Å². The zero-order valence-electron chi connectivity index (χ0n) is 8.46. The first-order valence-electron chi connectivity index (χ1n) is 5.26. The summed E-state index contributed by atoms with van der Waals surface area (Å²) in [5.74, 6) is 1.45. The molecule has 2 aliphatic heterocycles. The van der Waals surface area contributed by atoms with Gasteiger partial charge in [-0.15, -0.1) is 0 Å². The molecule has 0 spiro atoms. The van der Waals surface area contributed by atoms with E-state index in [2.05, 4.69) is 4.99 Å². The third-order valence-electron chi connectivity index (χ3n) is 3.30. The zero-order valence-corrected chi connectivity index (χ0v) is 8.46. The molecule has 1 unspecified atom stereocenters. The maximum absolute atomic E-state index is 5.18. The molecular weight excluding hydrogens is 164 g/mol. The third kappa shape index (κ3) is 1.63. The Kier molecular flexibility index (Phi) is 2.65. The normalized spacial score (nSPS) is 32.8. The van der Waals surface area contributed by atoms with Gasteiger partial charge < -0.3 is 4.74 Å². The molecule has 2 rings (SSSR count). The molecule has 3 nitrogen and oxygen atoms in total. The Balaban J connectivity index is 2.08. The van der Waals surface area contributed by atoms with Crippen molar-refractivity contribution in [1.29, 1.82) is 0 Å². The topological polar surface area (TPSA) is 21.6 Å². The molecule has 0 aromatic rings. The van der Waals surface area contributed by atoms with Crippen LogP contribution in [0.1, 0.15) is 19.3 Å². The highest BCUT2D eigenvalue weighted by atomic mass is 16.5. The van der Waals surface area contributed by atoms with Gasteiger partial charge in [0.15, 0.2) is 5.84 Å². The standard InChI is InChI=1S/C10H19N2O/c1-13-9-8-12-6-2-4-10(12)11-5-3-7-12/h2-9H2,1H3/q+1. The predicted octanol–water partition coefficient (Wildman–Crippen LogP) is 1.05. The van der Waals surface area contributed by atoms with Crippen LogP contribution < -0.4 is 0 Å². The number of fused-ring (bicyclic) bond motifs is 1. The molecule has 0 amide bonds. The largest absolute Gasteiger partial charge is 0.379 e. The predicted molar refractivity (Wildman–Crippen MR) is 52.9 cm³/mol. The lowest BCUT2D eigenvalue weighted by Crippen LogP contribution is -2.53. The fourth-order valence-corrected chi connectivity index (χ4v) is 2.58. The first-order valence-corrected chi connectivity index (χ1v) is 5.26. The van der Waals surface area contributed by atoms with E-state index in [9.17, 15) is 0 Å². The number of aliphatic imine (C=N–C) groups is 1. The Morgan fingerprint density at radius 1 is 1.38 bits per heavy atom. The van der Waals surface area contributed by atoms with E-state index in [1.165, 1.54) is 38.2 Å². The summed E-state index contributed by atoms with van der Waals surface area (Å²) in [7, 11) is 1.79. The summed E-state index contributed by atoms with van der Waals surface area (Å²) in [5, 5.41) is 0. The number of methoxy groups -OCH3 is 1. The number of rotatable bonds is 3. The van der Waals surface area contributed by atoms with Crippen molar-refractivity contribution in [2.45, 2.75) is 19.3 Å². The summed E-state index contributed by atoms with van der Waals surface area (Å²) in [4.78, 5) is 4.65. The van der Waals surface area contributed by atoms with Crippen LogP contribution in [-0.2, 0) is 4.74 Å². The van der Waals surface area contributed by atoms with Crippen molar-refractivity contribution in [3.05, 3.63) is 0 Å². The van der Waals surface area contributed by atoms with Crippen molar-refractivity contribution in [2.75, 3.05) is 39.9 Å². The fourth-order valence-electron chi connectivity index (χ4n) is 2.58. The molecule has 0 saturated carbocycles. The molecule has 0 aliphatic carbocycles. The molecule has 0 N–H and O–H groups in total. The van der Waals surface area contributed by atoms with Crippen molar-refractivity contribution in [1.82, 2.24) is 0 Å². The van der Waals surface area contributed by atoms with Crippen LogP contribution in [0.2, 0.25) is 0 Å². The molecule has 1 saturated heterocycles. The number of hydrogen-bond donors (Lipinski definition) is 0. The van der Waals surface area contributed by atoms with Crippen LogP contribution in [0.4, 0.5) is 0 Å². The second kappa shape index (κ2) is 3.76. The number of ether oxygens (including phenoxy) is 1. The van der Waals surface area contributed by atoms with Crippen LogP contribution >= 0.6 is 0 Å². The molecule has 74 valence electrons. The van der Waals surface area contributed by atoms with E-state index in [4.69, 9.17) is 4.74 Å². The van der Waals surface area contributed by atoms with Gasteiger partial charge in [0.25, 0.3) is 0 Å². The summed E-state index contributed by atoms with van der Waals surface area (Å²) >= 11 is 0. The summed E-state index contributed by atoms with van der Waals surface area (Å²) in [6.07, 6.45) is 3.81. The van der Waals surface area contributed by atoms with Crippen LogP contribution in [-0.4, -0.2) is 50.2 Å². The maximum Gasteiger partial charge on any atom is 0.198 e. The van der Waals surface area contributed by atoms with E-state index < -0.39 is 0 Å². The Morgan fingerprint density at radius 2 is 2.23 bits per heavy atom. The highest BCUT2D eigenvalue weighted by Gasteiger charge is 2.39. The Morgan fingerprint density at radius 3 is 3.08 bits per heavy atom. The Labute approximate surface area is 80.0 Å². The molecule has 2 aliphatic rings. The monoisotopic (exact) mass is 183 g/mol. The SMILES string of the molecule is COCC[N+]12CCCN=C1CCC2. The minimum absolute atomic E-state index is 0.874. The van der Waals surface area contributed by atoms with Crippen LogP contribution in [0, 0.1) is 0 Å².